The van der Waals surface area contributed by atoms with E-state index in [0.717, 1.165) is 30.3 Å². The third-order valence-electron chi connectivity index (χ3n) is 3.26. The van der Waals surface area contributed by atoms with Crippen molar-refractivity contribution < 1.29 is 9.53 Å². The summed E-state index contributed by atoms with van der Waals surface area (Å²) in [5.41, 5.74) is 6.85. The fourth-order valence-electron chi connectivity index (χ4n) is 2.19. The normalized spacial score (nSPS) is 19.1. The molecule has 1 aromatic rings. The lowest BCUT2D eigenvalue weighted by Gasteiger charge is -2.22. The van der Waals surface area contributed by atoms with E-state index in [-0.39, 0.29) is 5.91 Å². The highest BCUT2D eigenvalue weighted by Crippen LogP contribution is 2.19. The van der Waals surface area contributed by atoms with Crippen LogP contribution >= 0.6 is 15.9 Å². The lowest BCUT2D eigenvalue weighted by Crippen LogP contribution is -2.29. The third kappa shape index (κ3) is 4.21. The second-order valence-corrected chi connectivity index (χ2v) is 5.63. The van der Waals surface area contributed by atoms with Crippen molar-refractivity contribution in [3.8, 4) is 0 Å². The van der Waals surface area contributed by atoms with Crippen LogP contribution in [-0.4, -0.2) is 25.2 Å². The maximum absolute atomic E-state index is 12.0. The van der Waals surface area contributed by atoms with E-state index in [2.05, 4.69) is 21.2 Å². The van der Waals surface area contributed by atoms with Gasteiger partial charge >= 0.3 is 0 Å². The molecule has 5 heteroatoms. The van der Waals surface area contributed by atoms with Crippen LogP contribution in [0.5, 0.6) is 0 Å². The fourth-order valence-corrected chi connectivity index (χ4v) is 2.62. The molecule has 1 amide bonds. The van der Waals surface area contributed by atoms with E-state index in [1.54, 1.807) is 18.2 Å². The Balaban J connectivity index is 1.82. The van der Waals surface area contributed by atoms with Crippen LogP contribution in [-0.2, 0) is 4.74 Å². The molecule has 1 aromatic carbocycles. The molecule has 0 aliphatic carbocycles. The number of ether oxygens (including phenoxy) is 1. The number of nitrogens with two attached hydrogens (primary N) is 1. The molecule has 1 aliphatic heterocycles. The molecule has 0 saturated carbocycles. The molecular weight excluding hydrogens is 308 g/mol. The lowest BCUT2D eigenvalue weighted by atomic mass is 10.1. The van der Waals surface area contributed by atoms with E-state index in [9.17, 15) is 4.79 Å². The summed E-state index contributed by atoms with van der Waals surface area (Å²) in [5.74, 6) is -0.102. The van der Waals surface area contributed by atoms with Gasteiger partial charge in [0.25, 0.3) is 5.91 Å². The molecule has 3 N–H and O–H groups in total. The van der Waals surface area contributed by atoms with Gasteiger partial charge in [0.1, 0.15) is 0 Å². The molecule has 0 bridgehead atoms. The molecule has 0 aromatic heterocycles. The first-order valence-electron chi connectivity index (χ1n) is 6.61. The highest BCUT2D eigenvalue weighted by atomic mass is 79.9. The monoisotopic (exact) mass is 326 g/mol. The number of hydrogen-bond donors (Lipinski definition) is 2. The maximum atomic E-state index is 12.0. The quantitative estimate of drug-likeness (QED) is 0.836. The van der Waals surface area contributed by atoms with Crippen LogP contribution < -0.4 is 11.1 Å². The number of anilines is 1. The third-order valence-corrected chi connectivity index (χ3v) is 3.95. The number of carbonyl (C=O) groups excluding carboxylic acids is 1. The molecule has 1 atom stereocenters. The Hall–Kier alpha value is -1.07. The summed E-state index contributed by atoms with van der Waals surface area (Å²) in [6.45, 7) is 1.48. The lowest BCUT2D eigenvalue weighted by molar-refractivity contribution is 0.0117. The van der Waals surface area contributed by atoms with Gasteiger partial charge in [-0.3, -0.25) is 4.79 Å². The van der Waals surface area contributed by atoms with Crippen molar-refractivity contribution in [1.82, 2.24) is 5.32 Å². The average molecular weight is 327 g/mol. The number of carbonyl (C=O) groups is 1. The molecule has 1 saturated heterocycles. The van der Waals surface area contributed by atoms with Crippen molar-refractivity contribution in [2.45, 2.75) is 31.8 Å². The van der Waals surface area contributed by atoms with Gasteiger partial charge in [0.2, 0.25) is 0 Å². The Kier molecular flexibility index (Phi) is 5.22. The molecule has 1 fully saturated rings. The van der Waals surface area contributed by atoms with Gasteiger partial charge in [-0.1, -0.05) is 0 Å². The van der Waals surface area contributed by atoms with E-state index < -0.39 is 0 Å². The number of amides is 1. The molecule has 1 unspecified atom stereocenters. The summed E-state index contributed by atoms with van der Waals surface area (Å²) in [6.07, 6.45) is 4.63. The van der Waals surface area contributed by atoms with E-state index in [4.69, 9.17) is 10.5 Å². The van der Waals surface area contributed by atoms with Crippen molar-refractivity contribution in [2.24, 2.45) is 0 Å². The highest BCUT2D eigenvalue weighted by molar-refractivity contribution is 9.10. The van der Waals surface area contributed by atoms with Gasteiger partial charge in [-0.15, -0.1) is 0 Å². The predicted octanol–water partition coefficient (Wildman–Crippen LogP) is 2.72. The maximum Gasteiger partial charge on any atom is 0.252 e. The van der Waals surface area contributed by atoms with Crippen LogP contribution in [0.1, 0.15) is 36.0 Å². The summed E-state index contributed by atoms with van der Waals surface area (Å²) in [6, 6.07) is 5.22. The summed E-state index contributed by atoms with van der Waals surface area (Å²) in [5, 5.41) is 2.91. The SMILES string of the molecule is Nc1ccc(Br)c(C(=O)NCCC2CCCCO2)c1. The fraction of sp³-hybridized carbons (Fsp3) is 0.500. The van der Waals surface area contributed by atoms with Crippen LogP contribution in [0.2, 0.25) is 0 Å². The molecule has 2 rings (SSSR count). The van der Waals surface area contributed by atoms with Gasteiger partial charge in [0, 0.05) is 23.3 Å². The molecule has 0 spiro atoms. The minimum Gasteiger partial charge on any atom is -0.399 e. The Morgan fingerprint density at radius 1 is 1.47 bits per heavy atom. The van der Waals surface area contributed by atoms with Gasteiger partial charge in [-0.05, 0) is 59.8 Å². The summed E-state index contributed by atoms with van der Waals surface area (Å²) in [7, 11) is 0. The molecule has 1 aliphatic rings. The van der Waals surface area contributed by atoms with E-state index in [1.807, 2.05) is 0 Å². The average Bonchev–Trinajstić information content (AvgIpc) is 2.42. The minimum atomic E-state index is -0.102. The minimum absolute atomic E-state index is 0.102. The molecule has 104 valence electrons. The van der Waals surface area contributed by atoms with Crippen LogP contribution in [0, 0.1) is 0 Å². The molecule has 1 heterocycles. The van der Waals surface area contributed by atoms with Crippen molar-refractivity contribution >= 4 is 27.5 Å². The number of hydrogen-bond acceptors (Lipinski definition) is 3. The Morgan fingerprint density at radius 3 is 3.05 bits per heavy atom. The predicted molar refractivity (Wildman–Crippen MR) is 79.1 cm³/mol. The largest absolute Gasteiger partial charge is 0.399 e. The first kappa shape index (κ1) is 14.3. The summed E-state index contributed by atoms with van der Waals surface area (Å²) in [4.78, 5) is 12.0. The van der Waals surface area contributed by atoms with E-state index in [0.29, 0.717) is 23.9 Å². The summed E-state index contributed by atoms with van der Waals surface area (Å²) < 4.78 is 6.39. The molecule has 4 nitrogen and oxygen atoms in total. The van der Waals surface area contributed by atoms with Crippen LogP contribution in [0.15, 0.2) is 22.7 Å². The van der Waals surface area contributed by atoms with Crippen LogP contribution in [0.3, 0.4) is 0 Å². The van der Waals surface area contributed by atoms with Crippen molar-refractivity contribution in [3.05, 3.63) is 28.2 Å². The van der Waals surface area contributed by atoms with Gasteiger partial charge in [0.05, 0.1) is 11.7 Å². The molecular formula is C14H19BrN2O2. The van der Waals surface area contributed by atoms with Crippen molar-refractivity contribution in [1.29, 1.82) is 0 Å². The second kappa shape index (κ2) is 6.91. The first-order valence-corrected chi connectivity index (χ1v) is 7.41. The van der Waals surface area contributed by atoms with Gasteiger partial charge in [-0.25, -0.2) is 0 Å². The number of halogens is 1. The molecule has 0 radical (unpaired) electrons. The van der Waals surface area contributed by atoms with Crippen LogP contribution in [0.4, 0.5) is 5.69 Å². The smallest absolute Gasteiger partial charge is 0.252 e. The van der Waals surface area contributed by atoms with Crippen LogP contribution in [0.25, 0.3) is 0 Å². The van der Waals surface area contributed by atoms with E-state index >= 15 is 0 Å². The standard InChI is InChI=1S/C14H19BrN2O2/c15-13-5-4-10(16)9-12(13)14(18)17-7-6-11-3-1-2-8-19-11/h4-5,9,11H,1-3,6-8,16H2,(H,17,18). The number of benzene rings is 1. The first-order chi connectivity index (χ1) is 9.16. The number of nitrogens with one attached hydrogen (secondary N) is 1. The van der Waals surface area contributed by atoms with Crippen molar-refractivity contribution in [2.75, 3.05) is 18.9 Å². The van der Waals surface area contributed by atoms with Gasteiger partial charge in [0.15, 0.2) is 0 Å². The van der Waals surface area contributed by atoms with Gasteiger partial charge < -0.3 is 15.8 Å². The van der Waals surface area contributed by atoms with Crippen molar-refractivity contribution in [3.63, 3.8) is 0 Å². The zero-order valence-corrected chi connectivity index (χ0v) is 12.4. The highest BCUT2D eigenvalue weighted by Gasteiger charge is 2.15. The Labute approximate surface area is 121 Å². The topological polar surface area (TPSA) is 64.4 Å². The summed E-state index contributed by atoms with van der Waals surface area (Å²) >= 11 is 3.36. The Morgan fingerprint density at radius 2 is 2.32 bits per heavy atom. The van der Waals surface area contributed by atoms with E-state index in [1.165, 1.54) is 6.42 Å². The second-order valence-electron chi connectivity index (χ2n) is 4.77. The number of nitrogen functional groups attached to an aromatic ring is 1. The number of rotatable bonds is 4. The zero-order chi connectivity index (χ0) is 13.7. The Bertz CT molecular complexity index is 445. The zero-order valence-electron chi connectivity index (χ0n) is 10.8. The molecule has 19 heavy (non-hydrogen) atoms. The van der Waals surface area contributed by atoms with Gasteiger partial charge in [-0.2, -0.15) is 0 Å².